The van der Waals surface area contributed by atoms with Crippen LogP contribution in [0, 0.1) is 19.8 Å². The highest BCUT2D eigenvalue weighted by molar-refractivity contribution is 5.34. The van der Waals surface area contributed by atoms with Crippen LogP contribution in [0.4, 0.5) is 0 Å². The molecule has 2 heteroatoms. The number of likely N-dealkylation sites (N-methyl/N-ethyl adjacent to an activating group) is 1. The summed E-state index contributed by atoms with van der Waals surface area (Å²) in [5.41, 5.74) is 4.40. The first kappa shape index (κ1) is 14.5. The Kier molecular flexibility index (Phi) is 5.00. The average Bonchev–Trinajstić information content (AvgIpc) is 2.37. The monoisotopic (exact) mass is 260 g/mol. The van der Waals surface area contributed by atoms with Gasteiger partial charge in [-0.05, 0) is 76.8 Å². The molecule has 1 aliphatic heterocycles. The predicted molar refractivity (Wildman–Crippen MR) is 82.8 cm³/mol. The summed E-state index contributed by atoms with van der Waals surface area (Å²) in [6, 6.07) is 6.96. The number of piperidine rings is 1. The van der Waals surface area contributed by atoms with Crippen molar-refractivity contribution in [1.82, 2.24) is 10.2 Å². The van der Waals surface area contributed by atoms with Gasteiger partial charge in [0.2, 0.25) is 0 Å². The molecule has 1 unspecified atom stereocenters. The molecule has 0 aliphatic carbocycles. The van der Waals surface area contributed by atoms with Crippen LogP contribution >= 0.6 is 0 Å². The molecular formula is C17H28N2. The molecule has 2 rings (SSSR count). The summed E-state index contributed by atoms with van der Waals surface area (Å²) in [5.74, 6) is 1.50. The maximum Gasteiger partial charge on any atom is 0.00470 e. The Bertz CT molecular complexity index is 406. The second-order valence-electron chi connectivity index (χ2n) is 6.32. The van der Waals surface area contributed by atoms with Crippen LogP contribution in [0.25, 0.3) is 0 Å². The van der Waals surface area contributed by atoms with Crippen LogP contribution in [0.3, 0.4) is 0 Å². The summed E-state index contributed by atoms with van der Waals surface area (Å²) in [5, 5.41) is 3.48. The topological polar surface area (TPSA) is 15.3 Å². The first-order chi connectivity index (χ1) is 9.08. The minimum atomic E-state index is 0.678. The van der Waals surface area contributed by atoms with Crippen LogP contribution in [0.15, 0.2) is 18.2 Å². The number of nitrogens with one attached hydrogen (secondary N) is 1. The van der Waals surface area contributed by atoms with Crippen LogP contribution in [-0.2, 0) is 0 Å². The quantitative estimate of drug-likeness (QED) is 0.895. The standard InChI is InChI=1S/C17H28N2/c1-13-5-6-16(14(2)11-13)17(12-19(3)4)15-7-9-18-10-8-15/h5-6,11,15,17-18H,7-10,12H2,1-4H3. The molecule has 1 aliphatic rings. The van der Waals surface area contributed by atoms with Crippen molar-refractivity contribution in [2.45, 2.75) is 32.6 Å². The highest BCUT2D eigenvalue weighted by Crippen LogP contribution is 2.33. The number of nitrogens with zero attached hydrogens (tertiary/aromatic N) is 1. The number of benzene rings is 1. The van der Waals surface area contributed by atoms with Gasteiger partial charge >= 0.3 is 0 Å². The van der Waals surface area contributed by atoms with Gasteiger partial charge in [-0.15, -0.1) is 0 Å². The Morgan fingerprint density at radius 1 is 1.21 bits per heavy atom. The molecule has 2 nitrogen and oxygen atoms in total. The molecule has 0 bridgehead atoms. The van der Waals surface area contributed by atoms with Gasteiger partial charge in [0.1, 0.15) is 0 Å². The summed E-state index contributed by atoms with van der Waals surface area (Å²) in [6.07, 6.45) is 2.62. The van der Waals surface area contributed by atoms with Crippen LogP contribution in [0.5, 0.6) is 0 Å². The SMILES string of the molecule is Cc1ccc(C(CN(C)C)C2CCNCC2)c(C)c1. The Morgan fingerprint density at radius 3 is 2.47 bits per heavy atom. The largest absolute Gasteiger partial charge is 0.317 e. The Labute approximate surface area is 118 Å². The third-order valence-electron chi connectivity index (χ3n) is 4.34. The molecular weight excluding hydrogens is 232 g/mol. The summed E-state index contributed by atoms with van der Waals surface area (Å²) in [6.45, 7) is 7.97. The van der Waals surface area contributed by atoms with Crippen molar-refractivity contribution in [3.05, 3.63) is 34.9 Å². The van der Waals surface area contributed by atoms with E-state index in [1.807, 2.05) is 0 Å². The van der Waals surface area contributed by atoms with Crippen molar-refractivity contribution in [2.24, 2.45) is 5.92 Å². The van der Waals surface area contributed by atoms with Crippen molar-refractivity contribution < 1.29 is 0 Å². The lowest BCUT2D eigenvalue weighted by atomic mass is 9.78. The first-order valence-corrected chi connectivity index (χ1v) is 7.50. The average molecular weight is 260 g/mol. The molecule has 1 atom stereocenters. The molecule has 106 valence electrons. The summed E-state index contributed by atoms with van der Waals surface area (Å²) in [4.78, 5) is 2.34. The number of rotatable bonds is 4. The Balaban J connectivity index is 2.25. The molecule has 0 amide bonds. The van der Waals surface area contributed by atoms with Gasteiger partial charge in [-0.25, -0.2) is 0 Å². The fourth-order valence-corrected chi connectivity index (χ4v) is 3.38. The van der Waals surface area contributed by atoms with E-state index in [1.54, 1.807) is 5.56 Å². The predicted octanol–water partition coefficient (Wildman–Crippen LogP) is 2.95. The lowest BCUT2D eigenvalue weighted by Gasteiger charge is -2.34. The van der Waals surface area contributed by atoms with E-state index in [1.165, 1.54) is 37.1 Å². The van der Waals surface area contributed by atoms with Gasteiger partial charge in [-0.1, -0.05) is 23.8 Å². The van der Waals surface area contributed by atoms with E-state index in [-0.39, 0.29) is 0 Å². The van der Waals surface area contributed by atoms with Crippen molar-refractivity contribution in [3.8, 4) is 0 Å². The van der Waals surface area contributed by atoms with Crippen LogP contribution < -0.4 is 5.32 Å². The van der Waals surface area contributed by atoms with Gasteiger partial charge < -0.3 is 10.2 Å². The van der Waals surface area contributed by atoms with Gasteiger partial charge in [0.15, 0.2) is 0 Å². The molecule has 0 spiro atoms. The maximum absolute atomic E-state index is 3.48. The Hall–Kier alpha value is -0.860. The van der Waals surface area contributed by atoms with E-state index in [9.17, 15) is 0 Å². The lowest BCUT2D eigenvalue weighted by molar-refractivity contribution is 0.261. The molecule has 0 saturated carbocycles. The van der Waals surface area contributed by atoms with E-state index in [2.05, 4.69) is 56.4 Å². The number of aryl methyl sites for hydroxylation is 2. The van der Waals surface area contributed by atoms with E-state index < -0.39 is 0 Å². The van der Waals surface area contributed by atoms with Crippen LogP contribution in [0.1, 0.15) is 35.4 Å². The smallest absolute Gasteiger partial charge is 0.00470 e. The van der Waals surface area contributed by atoms with Gasteiger partial charge in [0.25, 0.3) is 0 Å². The molecule has 0 aromatic heterocycles. The molecule has 1 fully saturated rings. The number of hydrogen-bond donors (Lipinski definition) is 1. The van der Waals surface area contributed by atoms with E-state index in [0.717, 1.165) is 12.5 Å². The molecule has 1 heterocycles. The van der Waals surface area contributed by atoms with Crippen molar-refractivity contribution in [1.29, 1.82) is 0 Å². The second kappa shape index (κ2) is 6.53. The van der Waals surface area contributed by atoms with Crippen molar-refractivity contribution in [2.75, 3.05) is 33.7 Å². The second-order valence-corrected chi connectivity index (χ2v) is 6.32. The minimum absolute atomic E-state index is 0.678. The third kappa shape index (κ3) is 3.80. The van der Waals surface area contributed by atoms with E-state index >= 15 is 0 Å². The Morgan fingerprint density at radius 2 is 1.89 bits per heavy atom. The van der Waals surface area contributed by atoms with Crippen molar-refractivity contribution in [3.63, 3.8) is 0 Å². The normalized spacial score (nSPS) is 18.8. The van der Waals surface area contributed by atoms with E-state index in [4.69, 9.17) is 0 Å². The minimum Gasteiger partial charge on any atom is -0.317 e. The van der Waals surface area contributed by atoms with Crippen LogP contribution in [0.2, 0.25) is 0 Å². The molecule has 1 saturated heterocycles. The molecule has 1 aromatic rings. The van der Waals surface area contributed by atoms with Crippen molar-refractivity contribution >= 4 is 0 Å². The third-order valence-corrected chi connectivity index (χ3v) is 4.34. The maximum atomic E-state index is 3.48. The zero-order valence-corrected chi connectivity index (χ0v) is 12.9. The lowest BCUT2D eigenvalue weighted by Crippen LogP contribution is -2.34. The van der Waals surface area contributed by atoms with Gasteiger partial charge in [-0.2, -0.15) is 0 Å². The first-order valence-electron chi connectivity index (χ1n) is 7.50. The fraction of sp³-hybridized carbons (Fsp3) is 0.647. The fourth-order valence-electron chi connectivity index (χ4n) is 3.38. The number of hydrogen-bond acceptors (Lipinski definition) is 2. The highest BCUT2D eigenvalue weighted by Gasteiger charge is 2.26. The summed E-state index contributed by atoms with van der Waals surface area (Å²) < 4.78 is 0. The summed E-state index contributed by atoms with van der Waals surface area (Å²) in [7, 11) is 4.38. The zero-order chi connectivity index (χ0) is 13.8. The van der Waals surface area contributed by atoms with Crippen LogP contribution in [-0.4, -0.2) is 38.6 Å². The molecule has 1 N–H and O–H groups in total. The molecule has 0 radical (unpaired) electrons. The molecule has 19 heavy (non-hydrogen) atoms. The van der Waals surface area contributed by atoms with Gasteiger partial charge in [-0.3, -0.25) is 0 Å². The van der Waals surface area contributed by atoms with E-state index in [0.29, 0.717) is 5.92 Å². The van der Waals surface area contributed by atoms with Gasteiger partial charge in [0.05, 0.1) is 0 Å². The zero-order valence-electron chi connectivity index (χ0n) is 12.9. The highest BCUT2D eigenvalue weighted by atomic mass is 15.1. The molecule has 1 aromatic carbocycles. The summed E-state index contributed by atoms with van der Waals surface area (Å²) >= 11 is 0. The van der Waals surface area contributed by atoms with Gasteiger partial charge in [0, 0.05) is 6.54 Å².